The lowest BCUT2D eigenvalue weighted by atomic mass is 10.1. The van der Waals surface area contributed by atoms with Crippen molar-refractivity contribution in [2.75, 3.05) is 53.0 Å². The molecule has 1 aromatic rings. The van der Waals surface area contributed by atoms with Crippen molar-refractivity contribution in [3.8, 4) is 5.75 Å². The summed E-state index contributed by atoms with van der Waals surface area (Å²) in [4.78, 5) is 26.4. The van der Waals surface area contributed by atoms with Crippen molar-refractivity contribution in [2.45, 2.75) is 20.0 Å². The van der Waals surface area contributed by atoms with Crippen molar-refractivity contribution < 1.29 is 24.2 Å². The van der Waals surface area contributed by atoms with Crippen LogP contribution in [0.1, 0.15) is 11.1 Å². The molecule has 0 spiro atoms. The Morgan fingerprint density at radius 1 is 1.33 bits per heavy atom. The first-order valence-corrected chi connectivity index (χ1v) is 9.09. The fourth-order valence-corrected chi connectivity index (χ4v) is 3.11. The number of amides is 2. The number of hydrogen-bond acceptors (Lipinski definition) is 5. The zero-order valence-corrected chi connectivity index (χ0v) is 16.2. The Labute approximate surface area is 160 Å². The second kappa shape index (κ2) is 10.1. The normalized spacial score (nSPS) is 17.0. The number of likely N-dealkylation sites (N-methyl/N-ethyl adjacent to an activating group) is 1. The van der Waals surface area contributed by atoms with Crippen LogP contribution < -0.4 is 10.1 Å². The summed E-state index contributed by atoms with van der Waals surface area (Å²) in [7, 11) is 1.72. The van der Waals surface area contributed by atoms with E-state index in [1.165, 1.54) is 0 Å². The Balaban J connectivity index is 1.71. The van der Waals surface area contributed by atoms with Crippen LogP contribution in [0.3, 0.4) is 0 Å². The van der Waals surface area contributed by atoms with Crippen molar-refractivity contribution >= 4 is 12.0 Å². The lowest BCUT2D eigenvalue weighted by Crippen LogP contribution is -2.52. The number of aliphatic carboxylic acids is 1. The number of urea groups is 1. The fraction of sp³-hybridized carbons (Fsp3) is 0.579. The van der Waals surface area contributed by atoms with Crippen molar-refractivity contribution in [3.63, 3.8) is 0 Å². The minimum absolute atomic E-state index is 0.0537. The number of carbonyl (C=O) groups is 2. The lowest BCUT2D eigenvalue weighted by molar-refractivity contribution is -0.138. The van der Waals surface area contributed by atoms with Gasteiger partial charge in [-0.3, -0.25) is 9.69 Å². The van der Waals surface area contributed by atoms with E-state index in [-0.39, 0.29) is 18.7 Å². The van der Waals surface area contributed by atoms with Gasteiger partial charge in [0.25, 0.3) is 0 Å². The van der Waals surface area contributed by atoms with Crippen LogP contribution in [0.4, 0.5) is 4.79 Å². The molecule has 0 aromatic heterocycles. The molecule has 1 aliphatic heterocycles. The van der Waals surface area contributed by atoms with Gasteiger partial charge in [-0.1, -0.05) is 6.07 Å². The molecule has 1 heterocycles. The number of benzene rings is 1. The van der Waals surface area contributed by atoms with E-state index >= 15 is 0 Å². The summed E-state index contributed by atoms with van der Waals surface area (Å²) in [6, 6.07) is 5.86. The second-order valence-electron chi connectivity index (χ2n) is 6.93. The third-order valence-electron chi connectivity index (χ3n) is 4.19. The Hall–Kier alpha value is -2.32. The quantitative estimate of drug-likeness (QED) is 0.658. The van der Waals surface area contributed by atoms with Gasteiger partial charge >= 0.3 is 12.0 Å². The van der Waals surface area contributed by atoms with E-state index in [1.807, 2.05) is 26.0 Å². The molecular formula is C19H29N3O5. The van der Waals surface area contributed by atoms with Gasteiger partial charge in [-0.15, -0.1) is 0 Å². The van der Waals surface area contributed by atoms with Crippen LogP contribution in [0.5, 0.6) is 5.75 Å². The number of nitrogens with zero attached hydrogens (tertiary/aromatic N) is 2. The van der Waals surface area contributed by atoms with Crippen LogP contribution in [0.2, 0.25) is 0 Å². The molecule has 150 valence electrons. The number of morpholine rings is 1. The van der Waals surface area contributed by atoms with E-state index in [1.54, 1.807) is 16.8 Å². The molecule has 27 heavy (non-hydrogen) atoms. The number of carboxylic acid groups (broad SMARTS) is 1. The highest BCUT2D eigenvalue weighted by Gasteiger charge is 2.25. The molecule has 1 atom stereocenters. The SMILES string of the molecule is Cc1cc(C)cc(OCCNC(=O)N2CCOC(CN(C)CC(=O)O)C2)c1. The Morgan fingerprint density at radius 3 is 2.70 bits per heavy atom. The molecule has 8 nitrogen and oxygen atoms in total. The third kappa shape index (κ3) is 7.44. The van der Waals surface area contributed by atoms with Gasteiger partial charge in [0.15, 0.2) is 0 Å². The van der Waals surface area contributed by atoms with Gasteiger partial charge in [-0.25, -0.2) is 4.79 Å². The highest BCUT2D eigenvalue weighted by Crippen LogP contribution is 2.15. The molecule has 0 bridgehead atoms. The van der Waals surface area contributed by atoms with Crippen molar-refractivity contribution in [2.24, 2.45) is 0 Å². The van der Waals surface area contributed by atoms with E-state index in [0.717, 1.165) is 16.9 Å². The summed E-state index contributed by atoms with van der Waals surface area (Å²) < 4.78 is 11.3. The minimum Gasteiger partial charge on any atom is -0.492 e. The van der Waals surface area contributed by atoms with Crippen LogP contribution in [0.25, 0.3) is 0 Å². The average molecular weight is 379 g/mol. The number of rotatable bonds is 8. The highest BCUT2D eigenvalue weighted by molar-refractivity contribution is 5.74. The molecule has 1 fully saturated rings. The van der Waals surface area contributed by atoms with E-state index in [9.17, 15) is 9.59 Å². The van der Waals surface area contributed by atoms with Gasteiger partial charge in [0.05, 0.1) is 25.8 Å². The number of hydrogen-bond donors (Lipinski definition) is 2. The first kappa shape index (κ1) is 21.0. The number of aryl methyl sites for hydroxylation is 2. The van der Waals surface area contributed by atoms with Crippen molar-refractivity contribution in [1.29, 1.82) is 0 Å². The second-order valence-corrected chi connectivity index (χ2v) is 6.93. The molecular weight excluding hydrogens is 350 g/mol. The van der Waals surface area contributed by atoms with Crippen LogP contribution in [-0.2, 0) is 9.53 Å². The monoisotopic (exact) mass is 379 g/mol. The smallest absolute Gasteiger partial charge is 0.317 e. The minimum atomic E-state index is -0.883. The molecule has 2 amide bonds. The van der Waals surface area contributed by atoms with E-state index in [2.05, 4.69) is 11.4 Å². The van der Waals surface area contributed by atoms with E-state index < -0.39 is 5.97 Å². The van der Waals surface area contributed by atoms with Crippen LogP contribution in [0, 0.1) is 13.8 Å². The maximum atomic E-state index is 12.3. The molecule has 0 saturated carbocycles. The number of carbonyl (C=O) groups excluding carboxylic acids is 1. The summed E-state index contributed by atoms with van der Waals surface area (Å²) in [5.74, 6) is -0.0821. The van der Waals surface area contributed by atoms with Gasteiger partial charge in [0, 0.05) is 19.6 Å². The van der Waals surface area contributed by atoms with E-state index in [0.29, 0.717) is 39.4 Å². The van der Waals surface area contributed by atoms with Gasteiger partial charge < -0.3 is 24.8 Å². The molecule has 1 aliphatic rings. The summed E-state index contributed by atoms with van der Waals surface area (Å²) in [5.41, 5.74) is 2.28. The van der Waals surface area contributed by atoms with Gasteiger partial charge in [-0.05, 0) is 44.2 Å². The molecule has 1 saturated heterocycles. The number of carboxylic acids is 1. The van der Waals surface area contributed by atoms with Gasteiger partial charge in [0.2, 0.25) is 0 Å². The lowest BCUT2D eigenvalue weighted by Gasteiger charge is -2.34. The third-order valence-corrected chi connectivity index (χ3v) is 4.19. The Morgan fingerprint density at radius 2 is 2.04 bits per heavy atom. The van der Waals surface area contributed by atoms with Crippen LogP contribution in [0.15, 0.2) is 18.2 Å². The number of nitrogens with one attached hydrogen (secondary N) is 1. The molecule has 8 heteroatoms. The summed E-state index contributed by atoms with van der Waals surface area (Å²) in [6.07, 6.45) is -0.194. The predicted octanol–water partition coefficient (Wildman–Crippen LogP) is 1.11. The zero-order chi connectivity index (χ0) is 19.8. The number of ether oxygens (including phenoxy) is 2. The van der Waals surface area contributed by atoms with Crippen LogP contribution in [-0.4, -0.2) is 86.0 Å². The standard InChI is InChI=1S/C19H29N3O5/c1-14-8-15(2)10-16(9-14)26-6-4-20-19(25)22-5-7-27-17(12-22)11-21(3)13-18(23)24/h8-10,17H,4-7,11-13H2,1-3H3,(H,20,25)(H,23,24). The zero-order valence-electron chi connectivity index (χ0n) is 16.2. The largest absolute Gasteiger partial charge is 0.492 e. The Kier molecular flexibility index (Phi) is 7.87. The molecule has 1 aromatic carbocycles. The van der Waals surface area contributed by atoms with Crippen LogP contribution >= 0.6 is 0 Å². The molecule has 0 radical (unpaired) electrons. The molecule has 2 rings (SSSR count). The summed E-state index contributed by atoms with van der Waals surface area (Å²) in [5, 5.41) is 11.7. The van der Waals surface area contributed by atoms with Gasteiger partial charge in [0.1, 0.15) is 12.4 Å². The Bertz CT molecular complexity index is 632. The topological polar surface area (TPSA) is 91.3 Å². The first-order chi connectivity index (χ1) is 12.8. The first-order valence-electron chi connectivity index (χ1n) is 9.09. The van der Waals surface area contributed by atoms with Crippen molar-refractivity contribution in [1.82, 2.24) is 15.1 Å². The average Bonchev–Trinajstić information content (AvgIpc) is 2.57. The van der Waals surface area contributed by atoms with E-state index in [4.69, 9.17) is 14.6 Å². The predicted molar refractivity (Wildman–Crippen MR) is 101 cm³/mol. The molecule has 1 unspecified atom stereocenters. The maximum Gasteiger partial charge on any atom is 0.317 e. The summed E-state index contributed by atoms with van der Waals surface area (Å²) in [6.45, 7) is 6.65. The highest BCUT2D eigenvalue weighted by atomic mass is 16.5. The van der Waals surface area contributed by atoms with Gasteiger partial charge in [-0.2, -0.15) is 0 Å². The summed E-state index contributed by atoms with van der Waals surface area (Å²) >= 11 is 0. The maximum absolute atomic E-state index is 12.3. The molecule has 2 N–H and O–H groups in total. The molecule has 0 aliphatic carbocycles. The fourth-order valence-electron chi connectivity index (χ4n) is 3.11. The van der Waals surface area contributed by atoms with Crippen molar-refractivity contribution in [3.05, 3.63) is 29.3 Å².